The molecule has 4 aromatic rings. The molecule has 0 saturated carbocycles. The van der Waals surface area contributed by atoms with Crippen LogP contribution >= 0.6 is 11.6 Å². The highest BCUT2D eigenvalue weighted by atomic mass is 35.5. The van der Waals surface area contributed by atoms with Gasteiger partial charge in [-0.1, -0.05) is 30.7 Å². The summed E-state index contributed by atoms with van der Waals surface area (Å²) in [5.74, 6) is -0.675. The van der Waals surface area contributed by atoms with Crippen molar-refractivity contribution in [3.05, 3.63) is 65.7 Å². The Morgan fingerprint density at radius 2 is 2.03 bits per heavy atom. The minimum Gasteiger partial charge on any atom is -0.462 e. The molecule has 164 valence electrons. The fourth-order valence-electron chi connectivity index (χ4n) is 3.42. The van der Waals surface area contributed by atoms with Crippen LogP contribution in [0.15, 0.2) is 55.1 Å². The molecule has 0 aliphatic rings. The van der Waals surface area contributed by atoms with Gasteiger partial charge in [-0.2, -0.15) is 10.2 Å². The van der Waals surface area contributed by atoms with E-state index in [0.29, 0.717) is 34.0 Å². The molecule has 0 aliphatic heterocycles. The Morgan fingerprint density at radius 1 is 1.19 bits per heavy atom. The Morgan fingerprint density at radius 3 is 2.75 bits per heavy atom. The number of amides is 1. The number of esters is 1. The van der Waals surface area contributed by atoms with Gasteiger partial charge in [-0.05, 0) is 31.5 Å². The summed E-state index contributed by atoms with van der Waals surface area (Å²) in [5.41, 5.74) is 2.82. The predicted molar refractivity (Wildman–Crippen MR) is 120 cm³/mol. The molecule has 4 rings (SSSR count). The molecule has 32 heavy (non-hydrogen) atoms. The molecule has 0 fully saturated rings. The maximum atomic E-state index is 12.9. The summed E-state index contributed by atoms with van der Waals surface area (Å²) >= 11 is 5.94. The molecule has 0 aliphatic carbocycles. The van der Waals surface area contributed by atoms with Gasteiger partial charge in [0.1, 0.15) is 11.6 Å². The number of anilines is 1. The van der Waals surface area contributed by atoms with Gasteiger partial charge in [-0.3, -0.25) is 9.48 Å². The van der Waals surface area contributed by atoms with Crippen molar-refractivity contribution < 1.29 is 14.3 Å². The molecule has 9 nitrogen and oxygen atoms in total. The maximum Gasteiger partial charge on any atom is 0.343 e. The van der Waals surface area contributed by atoms with Crippen molar-refractivity contribution in [2.45, 2.75) is 26.3 Å². The topological polar surface area (TPSA) is 103 Å². The van der Waals surface area contributed by atoms with E-state index in [2.05, 4.69) is 20.5 Å². The number of rotatable bonds is 7. The number of hydrogen-bond donors (Lipinski definition) is 1. The number of nitrogens with zero attached hydrogens (tertiary/aromatic N) is 5. The number of benzene rings is 1. The molecule has 0 spiro atoms. The zero-order valence-corrected chi connectivity index (χ0v) is 18.3. The Labute approximate surface area is 189 Å². The molecule has 3 aromatic heterocycles. The van der Waals surface area contributed by atoms with E-state index < -0.39 is 12.0 Å². The normalized spacial score (nSPS) is 12.0. The third kappa shape index (κ3) is 4.19. The van der Waals surface area contributed by atoms with Crippen LogP contribution in [0.25, 0.3) is 16.9 Å². The van der Waals surface area contributed by atoms with E-state index in [1.807, 2.05) is 25.1 Å². The second kappa shape index (κ2) is 9.19. The SMILES string of the molecule is CCOC(=O)c1cnn2c(-c3cccc(NC(=O)C(CC)n4cc(Cl)cn4)c3)ccnc12. The number of fused-ring (bicyclic) bond motifs is 1. The number of nitrogens with one attached hydrogen (secondary N) is 1. The quantitative estimate of drug-likeness (QED) is 0.425. The summed E-state index contributed by atoms with van der Waals surface area (Å²) < 4.78 is 8.21. The summed E-state index contributed by atoms with van der Waals surface area (Å²) in [7, 11) is 0. The van der Waals surface area contributed by atoms with E-state index >= 15 is 0 Å². The van der Waals surface area contributed by atoms with Crippen molar-refractivity contribution in [3.8, 4) is 11.3 Å². The minimum absolute atomic E-state index is 0.201. The third-order valence-corrected chi connectivity index (χ3v) is 5.10. The number of hydrogen-bond acceptors (Lipinski definition) is 6. The van der Waals surface area contributed by atoms with Gasteiger partial charge < -0.3 is 10.1 Å². The number of aromatic nitrogens is 5. The largest absolute Gasteiger partial charge is 0.462 e. The zero-order valence-electron chi connectivity index (χ0n) is 17.5. The summed E-state index contributed by atoms with van der Waals surface area (Å²) in [6.07, 6.45) is 6.73. The molecular formula is C22H21ClN6O3. The van der Waals surface area contributed by atoms with Gasteiger partial charge in [0, 0.05) is 23.6 Å². The number of halogens is 1. The van der Waals surface area contributed by atoms with E-state index in [9.17, 15) is 9.59 Å². The van der Waals surface area contributed by atoms with E-state index in [1.54, 1.807) is 40.6 Å². The van der Waals surface area contributed by atoms with E-state index in [0.717, 1.165) is 5.56 Å². The molecule has 1 atom stereocenters. The average molecular weight is 453 g/mol. The number of carbonyl (C=O) groups is 2. The van der Waals surface area contributed by atoms with Gasteiger partial charge in [0.05, 0.1) is 29.7 Å². The van der Waals surface area contributed by atoms with Crippen LogP contribution in [0.2, 0.25) is 5.02 Å². The number of ether oxygens (including phenoxy) is 1. The predicted octanol–water partition coefficient (Wildman–Crippen LogP) is 4.01. The minimum atomic E-state index is -0.489. The van der Waals surface area contributed by atoms with E-state index in [4.69, 9.17) is 16.3 Å². The molecule has 1 amide bonds. The van der Waals surface area contributed by atoms with E-state index in [1.165, 1.54) is 12.4 Å². The summed E-state index contributed by atoms with van der Waals surface area (Å²) in [5, 5.41) is 11.9. The Kier molecular flexibility index (Phi) is 6.18. The lowest BCUT2D eigenvalue weighted by atomic mass is 10.1. The third-order valence-electron chi connectivity index (χ3n) is 4.90. The average Bonchev–Trinajstić information content (AvgIpc) is 3.41. The van der Waals surface area contributed by atoms with Gasteiger partial charge in [-0.25, -0.2) is 14.3 Å². The Bertz CT molecular complexity index is 1280. The first-order chi connectivity index (χ1) is 15.5. The zero-order chi connectivity index (χ0) is 22.7. The van der Waals surface area contributed by atoms with Crippen molar-refractivity contribution in [3.63, 3.8) is 0 Å². The van der Waals surface area contributed by atoms with Crippen LogP contribution in [0.3, 0.4) is 0 Å². The fourth-order valence-corrected chi connectivity index (χ4v) is 3.57. The summed E-state index contributed by atoms with van der Waals surface area (Å²) in [6.45, 7) is 3.91. The van der Waals surface area contributed by atoms with Crippen LogP contribution in [0.5, 0.6) is 0 Å². The highest BCUT2D eigenvalue weighted by Gasteiger charge is 2.20. The molecule has 0 radical (unpaired) electrons. The first-order valence-electron chi connectivity index (χ1n) is 10.1. The molecule has 3 heterocycles. The molecular weight excluding hydrogens is 432 g/mol. The second-order valence-electron chi connectivity index (χ2n) is 6.98. The van der Waals surface area contributed by atoms with Crippen molar-refractivity contribution in [2.75, 3.05) is 11.9 Å². The first-order valence-corrected chi connectivity index (χ1v) is 10.5. The van der Waals surface area contributed by atoms with Crippen LogP contribution in [-0.2, 0) is 9.53 Å². The van der Waals surface area contributed by atoms with Crippen molar-refractivity contribution >= 4 is 34.8 Å². The molecule has 0 bridgehead atoms. The lowest BCUT2D eigenvalue weighted by molar-refractivity contribution is -0.119. The number of carbonyl (C=O) groups excluding carboxylic acids is 2. The molecule has 1 N–H and O–H groups in total. The van der Waals surface area contributed by atoms with Crippen LogP contribution in [0.4, 0.5) is 5.69 Å². The summed E-state index contributed by atoms with van der Waals surface area (Å²) in [4.78, 5) is 29.3. The second-order valence-corrected chi connectivity index (χ2v) is 7.41. The van der Waals surface area contributed by atoms with Crippen LogP contribution in [0.1, 0.15) is 36.7 Å². The van der Waals surface area contributed by atoms with Gasteiger partial charge in [-0.15, -0.1) is 0 Å². The monoisotopic (exact) mass is 452 g/mol. The van der Waals surface area contributed by atoms with Crippen LogP contribution in [-0.4, -0.2) is 42.9 Å². The van der Waals surface area contributed by atoms with Gasteiger partial charge in [0.2, 0.25) is 5.91 Å². The molecule has 1 unspecified atom stereocenters. The smallest absolute Gasteiger partial charge is 0.343 e. The standard InChI is InChI=1S/C22H21ClN6O3/c1-3-18(28-13-15(23)11-25-28)21(30)27-16-7-5-6-14(10-16)19-8-9-24-20-17(12-26-29(19)20)22(31)32-4-2/h5-13,18H,3-4H2,1-2H3,(H,27,30). The summed E-state index contributed by atoms with van der Waals surface area (Å²) in [6, 6.07) is 8.66. The maximum absolute atomic E-state index is 12.9. The molecule has 0 saturated heterocycles. The van der Waals surface area contributed by atoms with Crippen molar-refractivity contribution in [1.82, 2.24) is 24.4 Å². The van der Waals surface area contributed by atoms with Gasteiger partial charge in [0.15, 0.2) is 5.65 Å². The molecule has 1 aromatic carbocycles. The van der Waals surface area contributed by atoms with Crippen LogP contribution in [0, 0.1) is 0 Å². The highest BCUT2D eigenvalue weighted by molar-refractivity contribution is 6.30. The van der Waals surface area contributed by atoms with Gasteiger partial charge in [0.25, 0.3) is 0 Å². The highest BCUT2D eigenvalue weighted by Crippen LogP contribution is 2.25. The lowest BCUT2D eigenvalue weighted by Gasteiger charge is -2.16. The first kappa shape index (κ1) is 21.5. The fraction of sp³-hybridized carbons (Fsp3) is 0.227. The lowest BCUT2D eigenvalue weighted by Crippen LogP contribution is -2.25. The molecule has 10 heteroatoms. The van der Waals surface area contributed by atoms with E-state index in [-0.39, 0.29) is 12.5 Å². The Hall–Kier alpha value is -3.72. The van der Waals surface area contributed by atoms with Gasteiger partial charge >= 0.3 is 5.97 Å². The van der Waals surface area contributed by atoms with Crippen molar-refractivity contribution in [1.29, 1.82) is 0 Å². The Balaban J connectivity index is 1.63. The van der Waals surface area contributed by atoms with Crippen LogP contribution < -0.4 is 5.32 Å². The van der Waals surface area contributed by atoms with Crippen molar-refractivity contribution in [2.24, 2.45) is 0 Å².